The van der Waals surface area contributed by atoms with Gasteiger partial charge in [-0.3, -0.25) is 62.3 Å². The third-order valence-electron chi connectivity index (χ3n) is 22.9. The molecule has 0 bridgehead atoms. The molecule has 728 valence electrons. The first-order valence-corrected chi connectivity index (χ1v) is 45.0. The lowest BCUT2D eigenvalue weighted by atomic mass is 10.0. The number of carboxylic acids is 1. The summed E-state index contributed by atoms with van der Waals surface area (Å²) in [6.45, 7) is -0.309. The first kappa shape index (κ1) is 104. The molecule has 0 aliphatic heterocycles. The molecule has 0 aliphatic carbocycles. The number of fused-ring (bicyclic) bond motifs is 2. The SMILES string of the molecule is NCCCC[C@H](NC(=O)[C@H](Cc1ccc(O)cc1)NC(=O)CNC(=O)[C@H](Cc1ccc(O)cc1)NC(=O)[C@H](Cc1cnc[nH]1)NC(=O)[C@H](CCCCN)NC(=O)[C@@H](N)Cc1c[nH]c2ccccc12)C(=O)N[C@@H](Cc1c[nH]c2ccccc12)C(=O)N[C@@H](CCCCN)C(=O)N[C@@H](Cc1cnc[nH]1)C(=O)N[C@@H](Cc1ccc(O)cc1)C(=O)N[C@@H](CCC(N)=O)C(=O)N[C@@H](Cc1ccc(O)cc1)C(=O)O. The normalized spacial score (nSPS) is 13.9. The van der Waals surface area contributed by atoms with E-state index in [9.17, 15) is 68.7 Å². The number of nitrogens with one attached hydrogen (secondary N) is 16. The number of benzene rings is 6. The van der Waals surface area contributed by atoms with Crippen LogP contribution >= 0.6 is 0 Å². The number of phenols is 4. The summed E-state index contributed by atoms with van der Waals surface area (Å²) >= 11 is 0. The zero-order valence-electron chi connectivity index (χ0n) is 75.2. The van der Waals surface area contributed by atoms with Gasteiger partial charge in [0.15, 0.2) is 0 Å². The number of aromatic amines is 4. The highest BCUT2D eigenvalue weighted by Gasteiger charge is 2.39. The topological polar surface area (TPSA) is 704 Å². The molecule has 0 saturated heterocycles. The average molecular weight is 1890 g/mol. The zero-order chi connectivity index (χ0) is 98.5. The minimum atomic E-state index is -1.66. The minimum Gasteiger partial charge on any atom is -0.508 e. The van der Waals surface area contributed by atoms with Gasteiger partial charge in [-0.1, -0.05) is 84.9 Å². The molecule has 0 aliphatic rings. The molecule has 42 heteroatoms. The van der Waals surface area contributed by atoms with Crippen molar-refractivity contribution in [2.75, 3.05) is 26.2 Å². The summed E-state index contributed by atoms with van der Waals surface area (Å²) in [6.07, 6.45) is 7.69. The Bertz CT molecular complexity index is 5700. The number of primary amides is 1. The molecule has 0 spiro atoms. The van der Waals surface area contributed by atoms with Gasteiger partial charge < -0.3 is 138 Å². The summed E-state index contributed by atoms with van der Waals surface area (Å²) in [7, 11) is 0. The molecule has 10 rings (SSSR count). The first-order valence-electron chi connectivity index (χ1n) is 45.0. The predicted molar refractivity (Wildman–Crippen MR) is 503 cm³/mol. The van der Waals surface area contributed by atoms with E-state index in [0.29, 0.717) is 70.1 Å². The Balaban J connectivity index is 0.874. The third kappa shape index (κ3) is 32.7. The van der Waals surface area contributed by atoms with Crippen molar-refractivity contribution in [1.29, 1.82) is 0 Å². The summed E-state index contributed by atoms with van der Waals surface area (Å²) in [5.74, 6) is -14.0. The number of amides is 13. The number of carbonyl (C=O) groups excluding carboxylic acids is 13. The molecule has 6 aromatic carbocycles. The Morgan fingerprint density at radius 2 is 0.620 bits per heavy atom. The molecule has 0 saturated carbocycles. The van der Waals surface area contributed by atoms with Crippen LogP contribution in [0, 0.1) is 0 Å². The molecule has 31 N–H and O–H groups in total. The molecule has 42 nitrogen and oxygen atoms in total. The number of hydrogen-bond donors (Lipinski definition) is 26. The van der Waals surface area contributed by atoms with E-state index in [2.05, 4.69) is 93.7 Å². The number of nitrogens with zero attached hydrogens (tertiary/aromatic N) is 2. The van der Waals surface area contributed by atoms with E-state index in [-0.39, 0.29) is 132 Å². The maximum atomic E-state index is 15.5. The quantitative estimate of drug-likeness (QED) is 0.0217. The van der Waals surface area contributed by atoms with Crippen molar-refractivity contribution < 1.29 is 92.7 Å². The van der Waals surface area contributed by atoms with Gasteiger partial charge in [0.2, 0.25) is 76.8 Å². The second-order valence-corrected chi connectivity index (χ2v) is 33.4. The fourth-order valence-electron chi connectivity index (χ4n) is 15.4. The molecule has 0 unspecified atom stereocenters. The highest BCUT2D eigenvalue weighted by atomic mass is 16.4. The molecule has 4 aromatic heterocycles. The van der Waals surface area contributed by atoms with Gasteiger partial charge in [-0.2, -0.15) is 0 Å². The van der Waals surface area contributed by atoms with E-state index < -0.39 is 175 Å². The Labute approximate surface area is 787 Å². The predicted octanol–water partition coefficient (Wildman–Crippen LogP) is -0.327. The van der Waals surface area contributed by atoms with Crippen LogP contribution in [0.1, 0.15) is 115 Å². The second kappa shape index (κ2) is 52.2. The number of aromatic hydroxyl groups is 4. The molecule has 12 atom stereocenters. The zero-order valence-corrected chi connectivity index (χ0v) is 75.2. The van der Waals surface area contributed by atoms with E-state index in [1.807, 2.05) is 24.3 Å². The lowest BCUT2D eigenvalue weighted by Gasteiger charge is -2.28. The number of hydrogen-bond acceptors (Lipinski definition) is 24. The monoisotopic (exact) mass is 1890 g/mol. The molecular formula is C95H119N23O19. The van der Waals surface area contributed by atoms with Crippen LogP contribution in [0.2, 0.25) is 0 Å². The maximum Gasteiger partial charge on any atom is 0.326 e. The third-order valence-corrected chi connectivity index (χ3v) is 22.9. The number of carboxylic acid groups (broad SMARTS) is 1. The summed E-state index contributed by atoms with van der Waals surface area (Å²) < 4.78 is 0. The summed E-state index contributed by atoms with van der Waals surface area (Å²) in [5, 5.41) is 84.5. The molecule has 4 heterocycles. The summed E-state index contributed by atoms with van der Waals surface area (Å²) in [6, 6.07) is 18.7. The average Bonchev–Trinajstić information content (AvgIpc) is 1.76. The van der Waals surface area contributed by atoms with Crippen LogP contribution in [0.15, 0.2) is 183 Å². The van der Waals surface area contributed by atoms with Crippen LogP contribution in [0.25, 0.3) is 21.8 Å². The first-order chi connectivity index (χ1) is 65.9. The second-order valence-electron chi connectivity index (χ2n) is 33.4. The highest BCUT2D eigenvalue weighted by molar-refractivity contribution is 6.01. The van der Waals surface area contributed by atoms with Gasteiger partial charge in [0.25, 0.3) is 0 Å². The lowest BCUT2D eigenvalue weighted by Crippen LogP contribution is -2.61. The van der Waals surface area contributed by atoms with Gasteiger partial charge in [0.1, 0.15) is 89.5 Å². The number of phenolic OH excluding ortho intramolecular Hbond substituents is 4. The van der Waals surface area contributed by atoms with Crippen molar-refractivity contribution in [2.45, 2.75) is 194 Å². The minimum absolute atomic E-state index is 0.0873. The highest BCUT2D eigenvalue weighted by Crippen LogP contribution is 2.24. The van der Waals surface area contributed by atoms with Gasteiger partial charge >= 0.3 is 5.97 Å². The van der Waals surface area contributed by atoms with E-state index in [0.717, 1.165) is 16.5 Å². The van der Waals surface area contributed by atoms with Crippen LogP contribution in [-0.4, -0.2) is 237 Å². The number of unbranched alkanes of at least 4 members (excludes halogenated alkanes) is 3. The number of nitrogens with two attached hydrogens (primary N) is 5. The van der Waals surface area contributed by atoms with Crippen molar-refractivity contribution in [2.24, 2.45) is 28.7 Å². The lowest BCUT2D eigenvalue weighted by molar-refractivity contribution is -0.142. The Hall–Kier alpha value is -15.6. The fourth-order valence-corrected chi connectivity index (χ4v) is 15.4. The van der Waals surface area contributed by atoms with Crippen LogP contribution in [-0.2, 0) is 118 Å². The van der Waals surface area contributed by atoms with Crippen molar-refractivity contribution in [3.05, 3.63) is 228 Å². The summed E-state index contributed by atoms with van der Waals surface area (Å²) in [5.41, 5.74) is 34.8. The Morgan fingerprint density at radius 3 is 0.971 bits per heavy atom. The van der Waals surface area contributed by atoms with E-state index in [1.165, 1.54) is 122 Å². The molecule has 137 heavy (non-hydrogen) atoms. The van der Waals surface area contributed by atoms with Crippen LogP contribution in [0.5, 0.6) is 23.0 Å². The smallest absolute Gasteiger partial charge is 0.326 e. The summed E-state index contributed by atoms with van der Waals surface area (Å²) in [4.78, 5) is 223. The van der Waals surface area contributed by atoms with E-state index >= 15 is 24.0 Å². The Kier molecular flexibility index (Phi) is 39.4. The van der Waals surface area contributed by atoms with E-state index in [1.54, 1.807) is 36.7 Å². The van der Waals surface area contributed by atoms with Gasteiger partial charge in [0, 0.05) is 109 Å². The number of imidazole rings is 2. The number of aromatic nitrogens is 6. The van der Waals surface area contributed by atoms with Crippen LogP contribution in [0.3, 0.4) is 0 Å². The van der Waals surface area contributed by atoms with Crippen LogP contribution < -0.4 is 92.5 Å². The molecule has 0 fully saturated rings. The number of rotatable bonds is 56. The largest absolute Gasteiger partial charge is 0.508 e. The fraction of sp³-hybridized carbons (Fsp3) is 0.368. The van der Waals surface area contributed by atoms with Gasteiger partial charge in [-0.15, -0.1) is 0 Å². The number of H-pyrrole nitrogens is 4. The standard InChI is InChI=1S/C95H119N23O19/c96-36-8-5-15-71(109-84(125)68(99)43-58-47-103-69-13-3-1-11-66(58)69)86(127)116-79(45-60-49-101-52-106-60)93(134)113-75(39-54-18-26-62(119)27-19-54)85(126)105-51-83(124)108-76(40-55-20-28-63(120)29-21-55)90(131)110-72(16-6-9-37-97)87(128)115-78(44-59-48-104-70-14-4-2-12-67(59)70)92(133)111-73(17-7-10-38-98)88(129)117-80(46-61-50-102-53-107-61)94(135)114-77(41-56-22-30-64(121)31-23-56)91(132)112-74(34-35-82(100)123)89(130)118-81(95(136)137)42-57-24-32-65(122)33-25-57/h1-4,11-14,18-33,47-50,52-53,68,71-81,103-104,119-122H,5-10,15-17,34-46,51,96-99H2,(H2,100,123)(H,101,106)(H,102,107)(H,105,126)(H,108,124)(H,109,125)(H,110,131)(H,111,133)(H,112,132)(H,113,134)(H,114,135)(H,115,128)(H,116,127)(H,117,129)(H,118,130)(H,136,137)/t68-,71-,72-,73-,74-,75-,76-,77-,78-,79-,80-,81-/m0/s1. The molecule has 0 radical (unpaired) electrons. The van der Waals surface area contributed by atoms with Gasteiger partial charge in [-0.05, 0) is 184 Å². The van der Waals surface area contributed by atoms with Crippen molar-refractivity contribution in [1.82, 2.24) is 93.7 Å². The van der Waals surface area contributed by atoms with Gasteiger partial charge in [-0.25, -0.2) is 14.8 Å². The maximum absolute atomic E-state index is 15.5. The molecule has 10 aromatic rings. The van der Waals surface area contributed by atoms with Crippen molar-refractivity contribution >= 4 is 105 Å². The van der Waals surface area contributed by atoms with Crippen LogP contribution in [0.4, 0.5) is 0 Å². The van der Waals surface area contributed by atoms with Crippen molar-refractivity contribution in [3.8, 4) is 23.0 Å². The molecular weight excluding hydrogens is 1770 g/mol. The number of carbonyl (C=O) groups is 14. The van der Waals surface area contributed by atoms with Crippen molar-refractivity contribution in [3.63, 3.8) is 0 Å². The van der Waals surface area contributed by atoms with E-state index in [4.69, 9.17) is 28.7 Å². The number of aliphatic carboxylic acids is 1. The Morgan fingerprint density at radius 1 is 0.321 bits per heavy atom. The number of para-hydroxylation sites is 2. The molecule has 13 amide bonds. The van der Waals surface area contributed by atoms with Gasteiger partial charge in [0.05, 0.1) is 25.2 Å².